The third kappa shape index (κ3) is 2.33. The van der Waals surface area contributed by atoms with Gasteiger partial charge in [-0.25, -0.2) is 4.79 Å². The first kappa shape index (κ1) is 13.6. The lowest BCUT2D eigenvalue weighted by Crippen LogP contribution is -2.24. The summed E-state index contributed by atoms with van der Waals surface area (Å²) >= 11 is 16.5. The minimum atomic E-state index is -2.12. The fraction of sp³-hybridized carbons (Fsp3) is 0.0714. The van der Waals surface area contributed by atoms with Gasteiger partial charge in [0.1, 0.15) is 16.9 Å². The van der Waals surface area contributed by atoms with E-state index in [1.165, 1.54) is 0 Å². The van der Waals surface area contributed by atoms with Crippen molar-refractivity contribution in [1.82, 2.24) is 0 Å². The highest BCUT2D eigenvalue weighted by atomic mass is 35.6. The second-order valence-electron chi connectivity index (χ2n) is 4.11. The second kappa shape index (κ2) is 4.85. The first-order valence-electron chi connectivity index (χ1n) is 5.66. The van der Waals surface area contributed by atoms with Gasteiger partial charge in [-0.2, -0.15) is 0 Å². The molecule has 102 valence electrons. The van der Waals surface area contributed by atoms with Crippen LogP contribution in [0.3, 0.4) is 0 Å². The van der Waals surface area contributed by atoms with Crippen molar-refractivity contribution in [1.29, 1.82) is 0 Å². The molecule has 20 heavy (non-hydrogen) atoms. The van der Waals surface area contributed by atoms with Gasteiger partial charge in [0.2, 0.25) is 0 Å². The van der Waals surface area contributed by atoms with Crippen LogP contribution in [0.5, 0.6) is 5.75 Å². The summed E-state index contributed by atoms with van der Waals surface area (Å²) in [6, 6.07) is 12.5. The Balaban J connectivity index is 2.18. The monoisotopic (exact) mass is 328 g/mol. The maximum absolute atomic E-state index is 11.7. The highest BCUT2D eigenvalue weighted by Crippen LogP contribution is 2.37. The number of ether oxygens (including phenoxy) is 1. The van der Waals surface area contributed by atoms with Crippen LogP contribution in [0, 0.1) is 0 Å². The first-order valence-corrected chi connectivity index (χ1v) is 6.79. The van der Waals surface area contributed by atoms with E-state index in [1.54, 1.807) is 18.2 Å². The van der Waals surface area contributed by atoms with E-state index in [4.69, 9.17) is 44.0 Å². The molecule has 6 heteroatoms. The Morgan fingerprint density at radius 2 is 1.70 bits per heavy atom. The molecule has 3 nitrogen and oxygen atoms in total. The number of fused-ring (bicyclic) bond motifs is 3. The van der Waals surface area contributed by atoms with Gasteiger partial charge in [0.25, 0.3) is 3.79 Å². The van der Waals surface area contributed by atoms with Crippen LogP contribution in [-0.4, -0.2) is 9.76 Å². The van der Waals surface area contributed by atoms with E-state index in [0.29, 0.717) is 22.3 Å². The molecule has 2 aromatic carbocycles. The van der Waals surface area contributed by atoms with E-state index < -0.39 is 9.76 Å². The molecular weight excluding hydrogens is 323 g/mol. The number of benzene rings is 2. The summed E-state index contributed by atoms with van der Waals surface area (Å²) in [5, 5.41) is 1.50. The molecule has 0 aliphatic heterocycles. The highest BCUT2D eigenvalue weighted by Gasteiger charge is 2.33. The van der Waals surface area contributed by atoms with Crippen molar-refractivity contribution < 1.29 is 13.9 Å². The lowest BCUT2D eigenvalue weighted by Gasteiger charge is -2.10. The summed E-state index contributed by atoms with van der Waals surface area (Å²) in [6.45, 7) is 0. The van der Waals surface area contributed by atoms with Crippen molar-refractivity contribution in [2.75, 3.05) is 0 Å². The molecule has 3 rings (SSSR count). The zero-order valence-corrected chi connectivity index (χ0v) is 12.2. The van der Waals surface area contributed by atoms with Crippen LogP contribution in [0.1, 0.15) is 0 Å². The van der Waals surface area contributed by atoms with Gasteiger partial charge in [-0.3, -0.25) is 0 Å². The summed E-state index contributed by atoms with van der Waals surface area (Å²) in [6.07, 6.45) is 0. The number of carbonyl (C=O) groups excluding carboxylic acids is 1. The zero-order valence-electron chi connectivity index (χ0n) is 9.90. The van der Waals surface area contributed by atoms with Crippen LogP contribution >= 0.6 is 34.8 Å². The summed E-state index contributed by atoms with van der Waals surface area (Å²) in [5.74, 6) is -0.663. The molecule has 0 spiro atoms. The van der Waals surface area contributed by atoms with Crippen molar-refractivity contribution in [3.63, 3.8) is 0 Å². The number of furan rings is 1. The van der Waals surface area contributed by atoms with Crippen LogP contribution in [-0.2, 0) is 4.79 Å². The van der Waals surface area contributed by atoms with E-state index in [1.807, 2.05) is 24.3 Å². The van der Waals surface area contributed by atoms with E-state index >= 15 is 0 Å². The van der Waals surface area contributed by atoms with Crippen LogP contribution in [0.4, 0.5) is 0 Å². The Morgan fingerprint density at radius 1 is 1.00 bits per heavy atom. The molecule has 0 amide bonds. The van der Waals surface area contributed by atoms with Gasteiger partial charge in [0.15, 0.2) is 0 Å². The Hall–Kier alpha value is -1.42. The summed E-state index contributed by atoms with van der Waals surface area (Å²) in [4.78, 5) is 11.7. The molecule has 0 fully saturated rings. The minimum absolute atomic E-state index is 0.295. The predicted octanol–water partition coefficient (Wildman–Crippen LogP) is 4.86. The maximum atomic E-state index is 11.7. The molecule has 0 atom stereocenters. The molecule has 0 bridgehead atoms. The Labute approximate surface area is 129 Å². The highest BCUT2D eigenvalue weighted by molar-refractivity contribution is 6.75. The Morgan fingerprint density at radius 3 is 2.45 bits per heavy atom. The Kier molecular flexibility index (Phi) is 3.28. The molecule has 1 aromatic heterocycles. The van der Waals surface area contributed by atoms with E-state index in [9.17, 15) is 4.79 Å². The third-order valence-corrected chi connectivity index (χ3v) is 3.26. The SMILES string of the molecule is O=C(Oc1cccc2oc3ccccc3c12)C(Cl)(Cl)Cl. The number of esters is 1. The van der Waals surface area contributed by atoms with Crippen molar-refractivity contribution >= 4 is 62.7 Å². The number of hydrogen-bond acceptors (Lipinski definition) is 3. The van der Waals surface area contributed by atoms with E-state index in [2.05, 4.69) is 0 Å². The quantitative estimate of drug-likeness (QED) is 0.363. The number of hydrogen-bond donors (Lipinski definition) is 0. The number of para-hydroxylation sites is 1. The van der Waals surface area contributed by atoms with Gasteiger partial charge >= 0.3 is 5.97 Å². The fourth-order valence-electron chi connectivity index (χ4n) is 1.98. The normalized spacial score (nSPS) is 11.9. The Bertz CT molecular complexity index is 802. The summed E-state index contributed by atoms with van der Waals surface area (Å²) in [5.41, 5.74) is 1.29. The van der Waals surface area contributed by atoms with Gasteiger partial charge in [-0.05, 0) is 18.2 Å². The smallest absolute Gasteiger partial charge is 0.363 e. The standard InChI is InChI=1S/C14H7Cl3O3/c15-14(16,17)13(18)20-11-7-3-6-10-12(11)8-4-1-2-5-9(8)19-10/h1-7H. The molecule has 0 unspecified atom stereocenters. The topological polar surface area (TPSA) is 39.4 Å². The van der Waals surface area contributed by atoms with Gasteiger partial charge in [0.05, 0.1) is 5.39 Å². The largest absolute Gasteiger partial charge is 0.456 e. The molecule has 0 saturated heterocycles. The van der Waals surface area contributed by atoms with Crippen molar-refractivity contribution in [3.05, 3.63) is 42.5 Å². The van der Waals surface area contributed by atoms with Gasteiger partial charge in [-0.1, -0.05) is 59.1 Å². The molecule has 0 N–H and O–H groups in total. The first-order chi connectivity index (χ1) is 9.47. The molecule has 1 heterocycles. The molecule has 0 radical (unpaired) electrons. The molecular formula is C14H7Cl3O3. The lowest BCUT2D eigenvalue weighted by atomic mass is 10.1. The van der Waals surface area contributed by atoms with E-state index in [-0.39, 0.29) is 0 Å². The van der Waals surface area contributed by atoms with Crippen LogP contribution in [0.15, 0.2) is 46.9 Å². The molecule has 0 aliphatic rings. The van der Waals surface area contributed by atoms with Gasteiger partial charge in [-0.15, -0.1) is 0 Å². The zero-order chi connectivity index (χ0) is 14.3. The number of alkyl halides is 3. The van der Waals surface area contributed by atoms with Crippen LogP contribution in [0.25, 0.3) is 21.9 Å². The number of rotatable bonds is 1. The van der Waals surface area contributed by atoms with Crippen molar-refractivity contribution in [2.24, 2.45) is 0 Å². The summed E-state index contributed by atoms with van der Waals surface area (Å²) in [7, 11) is 0. The summed E-state index contributed by atoms with van der Waals surface area (Å²) < 4.78 is 8.71. The molecule has 3 aromatic rings. The third-order valence-electron chi connectivity index (χ3n) is 2.80. The van der Waals surface area contributed by atoms with Crippen LogP contribution in [0.2, 0.25) is 0 Å². The van der Waals surface area contributed by atoms with Gasteiger partial charge in [0, 0.05) is 5.39 Å². The lowest BCUT2D eigenvalue weighted by molar-refractivity contribution is -0.133. The second-order valence-corrected chi connectivity index (χ2v) is 6.40. The van der Waals surface area contributed by atoms with Crippen molar-refractivity contribution in [3.8, 4) is 5.75 Å². The minimum Gasteiger partial charge on any atom is -0.456 e. The average molecular weight is 330 g/mol. The van der Waals surface area contributed by atoms with Gasteiger partial charge < -0.3 is 9.15 Å². The van der Waals surface area contributed by atoms with Crippen molar-refractivity contribution in [2.45, 2.75) is 3.79 Å². The predicted molar refractivity (Wildman–Crippen MR) is 79.6 cm³/mol. The van der Waals surface area contributed by atoms with E-state index in [0.717, 1.165) is 5.39 Å². The molecule has 0 aliphatic carbocycles. The maximum Gasteiger partial charge on any atom is 0.363 e. The van der Waals surface area contributed by atoms with Crippen LogP contribution < -0.4 is 4.74 Å². The number of halogens is 3. The molecule has 0 saturated carbocycles. The number of carbonyl (C=O) groups is 1. The average Bonchev–Trinajstić information content (AvgIpc) is 2.76. The fourth-order valence-corrected chi connectivity index (χ4v) is 2.10.